The van der Waals surface area contributed by atoms with Crippen molar-refractivity contribution < 1.29 is 65.7 Å². The SMILES string of the molecule is CNC(=O)C(CCSSCCC(=O)N(C)[C@@H](C)C(=O)O[C@H]1CC(=O)N(C)c2cc(cc(OC)c2Cl)C/C(C)=C/C=C/[C@@H](OC)[C@]2(O)CC(=O)O[C@@H](C2)[C@@H](C)[C@@H]2O[C@@]12C)S(=O)(=O)O. The fraction of sp³-hybridized carbons (Fsp3) is 0.634. The Morgan fingerprint density at radius 1 is 1.18 bits per heavy atom. The Bertz CT molecular complexity index is 2020. The van der Waals surface area contributed by atoms with Crippen LogP contribution in [-0.4, -0.2) is 146 Å². The summed E-state index contributed by atoms with van der Waals surface area (Å²) in [6, 6.07) is 2.43. The number of ether oxygens (including phenoxy) is 5. The van der Waals surface area contributed by atoms with E-state index in [0.29, 0.717) is 17.9 Å². The number of methoxy groups -OCH3 is 2. The topological polar surface area (TPSA) is 228 Å². The largest absolute Gasteiger partial charge is 0.495 e. The maximum atomic E-state index is 14.2. The lowest BCUT2D eigenvalue weighted by molar-refractivity contribution is -0.187. The number of rotatable bonds is 14. The zero-order valence-corrected chi connectivity index (χ0v) is 39.6. The van der Waals surface area contributed by atoms with E-state index in [0.717, 1.165) is 11.1 Å². The van der Waals surface area contributed by atoms with E-state index in [1.165, 1.54) is 66.6 Å². The van der Waals surface area contributed by atoms with Crippen LogP contribution >= 0.6 is 33.2 Å². The predicted molar refractivity (Wildman–Crippen MR) is 236 cm³/mol. The fourth-order valence-corrected chi connectivity index (χ4v) is 11.0. The van der Waals surface area contributed by atoms with Crippen molar-refractivity contribution in [3.05, 3.63) is 46.5 Å². The van der Waals surface area contributed by atoms with Crippen LogP contribution in [0.2, 0.25) is 5.02 Å². The van der Waals surface area contributed by atoms with E-state index in [1.807, 2.05) is 13.0 Å². The highest BCUT2D eigenvalue weighted by atomic mass is 35.5. The Morgan fingerprint density at radius 2 is 1.85 bits per heavy atom. The first kappa shape index (κ1) is 51.3. The Balaban J connectivity index is 1.57. The molecule has 0 spiro atoms. The summed E-state index contributed by atoms with van der Waals surface area (Å²) in [4.78, 5) is 68.8. The van der Waals surface area contributed by atoms with Gasteiger partial charge in [0.05, 0.1) is 31.7 Å². The van der Waals surface area contributed by atoms with E-state index >= 15 is 0 Å². The Morgan fingerprint density at radius 3 is 2.48 bits per heavy atom. The number of aliphatic hydroxyl groups is 1. The molecule has 1 aromatic rings. The third kappa shape index (κ3) is 12.5. The second kappa shape index (κ2) is 21.5. The number of halogens is 1. The van der Waals surface area contributed by atoms with E-state index in [1.54, 1.807) is 45.2 Å². The van der Waals surface area contributed by atoms with Crippen LogP contribution in [0.25, 0.3) is 0 Å². The molecular weight excluding hydrogens is 890 g/mol. The average Bonchev–Trinajstić information content (AvgIpc) is 3.91. The number of nitrogens with one attached hydrogen (secondary N) is 1. The minimum atomic E-state index is -4.59. The van der Waals surface area contributed by atoms with Gasteiger partial charge in [0, 0.05) is 58.5 Å². The lowest BCUT2D eigenvalue weighted by Crippen LogP contribution is -2.53. The number of hydrogen-bond donors (Lipinski definition) is 3. The third-order valence-corrected chi connectivity index (χ3v) is 15.6. The first-order valence-corrected chi connectivity index (χ1v) is 24.4. The summed E-state index contributed by atoms with van der Waals surface area (Å²) >= 11 is 6.77. The van der Waals surface area contributed by atoms with E-state index in [-0.39, 0.29) is 48.6 Å². The predicted octanol–water partition coefficient (Wildman–Crippen LogP) is 3.93. The lowest BCUT2D eigenvalue weighted by atomic mass is 9.78. The molecule has 9 atom stereocenters. The van der Waals surface area contributed by atoms with Gasteiger partial charge < -0.3 is 43.9 Å². The Kier molecular flexibility index (Phi) is 17.8. The number of carbonyl (C=O) groups excluding carboxylic acids is 5. The van der Waals surface area contributed by atoms with Crippen molar-refractivity contribution in [2.45, 2.75) is 113 Å². The highest BCUT2D eigenvalue weighted by Gasteiger charge is 2.64. The molecule has 3 aliphatic heterocycles. The highest BCUT2D eigenvalue weighted by Crippen LogP contribution is 2.50. The zero-order chi connectivity index (χ0) is 46.3. The third-order valence-electron chi connectivity index (χ3n) is 11.6. The van der Waals surface area contributed by atoms with E-state index in [4.69, 9.17) is 35.3 Å². The summed E-state index contributed by atoms with van der Waals surface area (Å²) in [6.45, 7) is 6.87. The van der Waals surface area contributed by atoms with Crippen molar-refractivity contribution in [2.24, 2.45) is 5.92 Å². The van der Waals surface area contributed by atoms with Crippen molar-refractivity contribution in [3.63, 3.8) is 0 Å². The number of likely N-dealkylation sites (N-methyl/N-ethyl adjacent to an activating group) is 1. The number of esters is 2. The lowest BCUT2D eigenvalue weighted by Gasteiger charge is -2.41. The molecule has 0 aliphatic carbocycles. The van der Waals surface area contributed by atoms with Crippen molar-refractivity contribution >= 4 is 78.7 Å². The maximum absolute atomic E-state index is 14.2. The molecule has 3 N–H and O–H groups in total. The molecule has 3 aliphatic rings. The van der Waals surface area contributed by atoms with Gasteiger partial charge in [0.25, 0.3) is 10.1 Å². The van der Waals surface area contributed by atoms with Gasteiger partial charge in [0.2, 0.25) is 17.7 Å². The molecule has 1 unspecified atom stereocenters. The standard InChI is InChI=1S/C41H58ClN3O14S3/c1-23-11-10-12-31(56-9)41(51)21-29(57-35(48)22-41)24(2)37-40(4,59-37)32(20-34(47)45(7)27-18-26(17-23)19-28(55-8)36(27)42)58-39(50)25(3)44(6)33(46)14-16-61-60-15-13-30(38(49)43-5)62(52,53)54/h10-12,18-19,24-25,29-32,37,51H,13-17,20-22H2,1-9H3,(H,43,49)(H,52,53,54)/b12-10+,23-11+/t24-,25+,29+,30?,31-,32+,37+,40+,41-/m1/s1. The number of fused-ring (bicyclic) bond motifs is 5. The number of nitrogens with zero attached hydrogens (tertiary/aromatic N) is 2. The molecule has 3 heterocycles. The van der Waals surface area contributed by atoms with Crippen LogP contribution in [0, 0.1) is 5.92 Å². The quantitative estimate of drug-likeness (QED) is 0.0790. The summed E-state index contributed by atoms with van der Waals surface area (Å²) in [6.07, 6.45) is 1.32. The first-order chi connectivity index (χ1) is 29.0. The summed E-state index contributed by atoms with van der Waals surface area (Å²) in [5.41, 5.74) is -0.852. The van der Waals surface area contributed by atoms with Crippen LogP contribution in [0.1, 0.15) is 65.4 Å². The summed E-state index contributed by atoms with van der Waals surface area (Å²) in [5, 5.41) is 12.7. The smallest absolute Gasteiger partial charge is 0.328 e. The fourth-order valence-electron chi connectivity index (χ4n) is 7.63. The number of benzene rings is 1. The Hall–Kier alpha value is -3.37. The van der Waals surface area contributed by atoms with Crippen molar-refractivity contribution in [1.82, 2.24) is 10.2 Å². The molecule has 2 saturated heterocycles. The molecule has 346 valence electrons. The van der Waals surface area contributed by atoms with Gasteiger partial charge in [-0.1, -0.05) is 63.9 Å². The van der Waals surface area contributed by atoms with E-state index < -0.39 is 92.6 Å². The van der Waals surface area contributed by atoms with Crippen LogP contribution in [0.4, 0.5) is 5.69 Å². The van der Waals surface area contributed by atoms with Crippen LogP contribution in [0.5, 0.6) is 5.75 Å². The van der Waals surface area contributed by atoms with Gasteiger partial charge in [0.1, 0.15) is 46.3 Å². The molecule has 1 aromatic carbocycles. The van der Waals surface area contributed by atoms with Gasteiger partial charge in [-0.25, -0.2) is 4.79 Å². The molecule has 17 nitrogen and oxygen atoms in total. The summed E-state index contributed by atoms with van der Waals surface area (Å²) in [5.74, 6) is -2.87. The number of allylic oxidation sites excluding steroid dienone is 3. The number of anilines is 1. The van der Waals surface area contributed by atoms with Crippen LogP contribution in [0.15, 0.2) is 35.9 Å². The second-order valence-corrected chi connectivity index (χ2v) is 20.7. The Labute approximate surface area is 376 Å². The molecule has 4 bridgehead atoms. The monoisotopic (exact) mass is 947 g/mol. The zero-order valence-electron chi connectivity index (χ0n) is 36.4. The van der Waals surface area contributed by atoms with Crippen molar-refractivity contribution in [1.29, 1.82) is 0 Å². The molecule has 21 heteroatoms. The number of amides is 3. The van der Waals surface area contributed by atoms with Gasteiger partial charge in [-0.3, -0.25) is 23.7 Å². The second-order valence-electron chi connectivity index (χ2n) is 16.0. The minimum Gasteiger partial charge on any atom is -0.495 e. The van der Waals surface area contributed by atoms with Crippen molar-refractivity contribution in [3.8, 4) is 5.75 Å². The van der Waals surface area contributed by atoms with Gasteiger partial charge in [-0.05, 0) is 51.3 Å². The number of carbonyl (C=O) groups is 5. The first-order valence-electron chi connectivity index (χ1n) is 20.0. The van der Waals surface area contributed by atoms with Crippen LogP contribution in [-0.2, 0) is 59.5 Å². The molecule has 0 aromatic heterocycles. The highest BCUT2D eigenvalue weighted by molar-refractivity contribution is 8.76. The number of epoxide rings is 1. The minimum absolute atomic E-state index is 0.000856. The molecule has 0 radical (unpaired) electrons. The maximum Gasteiger partial charge on any atom is 0.328 e. The van der Waals surface area contributed by atoms with Gasteiger partial charge in [0.15, 0.2) is 5.25 Å². The summed E-state index contributed by atoms with van der Waals surface area (Å²) < 4.78 is 62.0. The van der Waals surface area contributed by atoms with Gasteiger partial charge in [-0.2, -0.15) is 8.42 Å². The average molecular weight is 949 g/mol. The molecule has 3 amide bonds. The summed E-state index contributed by atoms with van der Waals surface area (Å²) in [7, 11) is 5.05. The molecular formula is C41H58ClN3O14S3. The molecule has 62 heavy (non-hydrogen) atoms. The van der Waals surface area contributed by atoms with Crippen molar-refractivity contribution in [2.75, 3.05) is 51.8 Å². The van der Waals surface area contributed by atoms with Gasteiger partial charge in [-0.15, -0.1) is 0 Å². The van der Waals surface area contributed by atoms with E-state index in [2.05, 4.69) is 5.32 Å². The molecule has 4 rings (SSSR count). The number of hydrogen-bond acceptors (Lipinski definition) is 15. The van der Waals surface area contributed by atoms with Gasteiger partial charge >= 0.3 is 11.9 Å². The van der Waals surface area contributed by atoms with Crippen LogP contribution in [0.3, 0.4) is 0 Å². The molecule has 0 saturated carbocycles. The normalized spacial score (nSPS) is 29.2. The molecule has 2 fully saturated rings. The van der Waals surface area contributed by atoms with E-state index in [9.17, 15) is 42.0 Å². The van der Waals surface area contributed by atoms with Crippen LogP contribution < -0.4 is 15.0 Å².